The predicted molar refractivity (Wildman–Crippen MR) is 160 cm³/mol. The van der Waals surface area contributed by atoms with Crippen LogP contribution in [0.25, 0.3) is 0 Å². The minimum Gasteiger partial charge on any atom is -0.496 e. The number of benzene rings is 1. The van der Waals surface area contributed by atoms with Crippen LogP contribution in [-0.2, 0) is 39.3 Å². The van der Waals surface area contributed by atoms with Crippen molar-refractivity contribution in [3.63, 3.8) is 0 Å². The zero-order valence-electron chi connectivity index (χ0n) is 26.2. The second-order valence-corrected chi connectivity index (χ2v) is 17.6. The lowest BCUT2D eigenvalue weighted by atomic mass is 9.90. The van der Waals surface area contributed by atoms with Gasteiger partial charge in [-0.15, -0.1) is 0 Å². The smallest absolute Gasteiger partial charge is 0.490 e. The Morgan fingerprint density at radius 1 is 0.897 bits per heavy atom. The van der Waals surface area contributed by atoms with E-state index in [0.29, 0.717) is 32.5 Å². The molecule has 0 amide bonds. The molecule has 1 aliphatic rings. The van der Waals surface area contributed by atoms with Gasteiger partial charge in [0.2, 0.25) is 0 Å². The Bertz CT molecular complexity index is 850. The number of hydrogen-bond donors (Lipinski definition) is 0. The van der Waals surface area contributed by atoms with E-state index in [9.17, 15) is 0 Å². The highest BCUT2D eigenvalue weighted by Gasteiger charge is 2.50. The van der Waals surface area contributed by atoms with Crippen LogP contribution in [0.1, 0.15) is 73.3 Å². The van der Waals surface area contributed by atoms with Gasteiger partial charge in [-0.1, -0.05) is 51.1 Å². The molecule has 0 spiro atoms. The summed E-state index contributed by atoms with van der Waals surface area (Å²) in [6, 6.07) is 10.2. The van der Waals surface area contributed by atoms with Gasteiger partial charge in [0.25, 0.3) is 0 Å². The topological polar surface area (TPSA) is 64.6 Å². The van der Waals surface area contributed by atoms with Crippen molar-refractivity contribution in [2.24, 2.45) is 0 Å². The maximum absolute atomic E-state index is 6.52. The summed E-state index contributed by atoms with van der Waals surface area (Å²) in [5, 5.41) is 0.138. The van der Waals surface area contributed by atoms with Crippen LogP contribution < -0.4 is 0 Å². The van der Waals surface area contributed by atoms with Gasteiger partial charge in [0.05, 0.1) is 30.2 Å². The average Bonchev–Trinajstić information content (AvgIpc) is 3.06. The molecule has 0 radical (unpaired) electrons. The molecular formula is C30H53BO7Si. The molecule has 1 aromatic carbocycles. The average molecular weight is 565 g/mol. The van der Waals surface area contributed by atoms with Gasteiger partial charge in [-0.25, -0.2) is 0 Å². The highest BCUT2D eigenvalue weighted by molar-refractivity contribution is 6.74. The van der Waals surface area contributed by atoms with Crippen molar-refractivity contribution in [3.05, 3.63) is 48.1 Å². The molecule has 1 aliphatic heterocycles. The lowest BCUT2D eigenvalue weighted by molar-refractivity contribution is -0.120. The van der Waals surface area contributed by atoms with Crippen molar-refractivity contribution < 1.29 is 32.7 Å². The molecule has 0 N–H and O–H groups in total. The number of rotatable bonds is 16. The predicted octanol–water partition coefficient (Wildman–Crippen LogP) is 6.91. The van der Waals surface area contributed by atoms with E-state index in [1.165, 1.54) is 0 Å². The first-order valence-corrected chi connectivity index (χ1v) is 17.1. The monoisotopic (exact) mass is 564 g/mol. The molecule has 39 heavy (non-hydrogen) atoms. The van der Waals surface area contributed by atoms with Crippen molar-refractivity contribution in [1.29, 1.82) is 0 Å². The van der Waals surface area contributed by atoms with E-state index in [0.717, 1.165) is 5.56 Å². The maximum Gasteiger partial charge on any atom is 0.490 e. The molecule has 1 fully saturated rings. The molecule has 0 bridgehead atoms. The minimum absolute atomic E-state index is 0.138. The second kappa shape index (κ2) is 14.6. The van der Waals surface area contributed by atoms with Crippen LogP contribution in [0.3, 0.4) is 0 Å². The summed E-state index contributed by atoms with van der Waals surface area (Å²) < 4.78 is 42.5. The molecule has 9 heteroatoms. The zero-order chi connectivity index (χ0) is 29.3. The third-order valence-electron chi connectivity index (χ3n) is 8.37. The first-order chi connectivity index (χ1) is 18.1. The molecule has 1 aromatic rings. The van der Waals surface area contributed by atoms with Crippen LogP contribution in [0, 0.1) is 0 Å². The summed E-state index contributed by atoms with van der Waals surface area (Å²) in [6.07, 6.45) is 2.97. The summed E-state index contributed by atoms with van der Waals surface area (Å²) >= 11 is 0. The molecule has 0 saturated carbocycles. The first-order valence-electron chi connectivity index (χ1n) is 14.1. The summed E-state index contributed by atoms with van der Waals surface area (Å²) in [5.41, 5.74) is 0.299. The fourth-order valence-electron chi connectivity index (χ4n) is 3.95. The van der Waals surface area contributed by atoms with Crippen molar-refractivity contribution in [2.75, 3.05) is 20.8 Å². The van der Waals surface area contributed by atoms with E-state index in [1.54, 1.807) is 20.5 Å². The Balaban J connectivity index is 2.19. The quantitative estimate of drug-likeness (QED) is 0.123. The maximum atomic E-state index is 6.52. The number of hydrogen-bond acceptors (Lipinski definition) is 7. The molecule has 1 saturated heterocycles. The first kappa shape index (κ1) is 34.0. The van der Waals surface area contributed by atoms with Gasteiger partial charge in [-0.3, -0.25) is 0 Å². The van der Waals surface area contributed by atoms with E-state index in [2.05, 4.69) is 46.0 Å². The number of methoxy groups -OCH3 is 2. The van der Waals surface area contributed by atoms with Gasteiger partial charge in [0, 0.05) is 27.2 Å². The standard InChI is InChI=1S/C30H53BO7Si/c1-28(2,3)39(10,11)36-21-19-26(35-23-24-15-13-12-14-16-24)25(17-18-27(32-8)33-9)34-22-20-31-37-29(4,5)30(6,7)38-31/h12-16,20,22,25-27H,17-19,21,23H2,1-11H3/b22-20+/t25-,26-/m0/s1. The SMILES string of the molecule is COC(CC[C@H](O/C=C/B1OC(C)(C)C(C)(C)O1)[C@H](CCO[Si](C)(C)C(C)(C)C)OCc1ccccc1)OC. The van der Waals surface area contributed by atoms with Crippen molar-refractivity contribution in [2.45, 2.75) is 122 Å². The van der Waals surface area contributed by atoms with Crippen LogP contribution in [0.15, 0.2) is 42.6 Å². The molecule has 0 aliphatic carbocycles. The van der Waals surface area contributed by atoms with E-state index in [-0.39, 0.29) is 23.5 Å². The van der Waals surface area contributed by atoms with Crippen molar-refractivity contribution >= 4 is 15.4 Å². The van der Waals surface area contributed by atoms with Gasteiger partial charge in [0.15, 0.2) is 14.6 Å². The van der Waals surface area contributed by atoms with Gasteiger partial charge in [0.1, 0.15) is 6.10 Å². The van der Waals surface area contributed by atoms with E-state index in [4.69, 9.17) is 32.7 Å². The van der Waals surface area contributed by atoms with Crippen LogP contribution in [0.5, 0.6) is 0 Å². The van der Waals surface area contributed by atoms with Crippen LogP contribution in [0.2, 0.25) is 18.1 Å². The van der Waals surface area contributed by atoms with Gasteiger partial charge in [-0.05, 0) is 70.2 Å². The lowest BCUT2D eigenvalue weighted by Crippen LogP contribution is -2.42. The molecule has 1 heterocycles. The zero-order valence-corrected chi connectivity index (χ0v) is 27.2. The molecule has 222 valence electrons. The van der Waals surface area contributed by atoms with Crippen molar-refractivity contribution in [3.8, 4) is 0 Å². The molecule has 2 rings (SSSR count). The third kappa shape index (κ3) is 10.3. The summed E-state index contributed by atoms with van der Waals surface area (Å²) in [4.78, 5) is 0. The molecule has 2 atom stereocenters. The second-order valence-electron chi connectivity index (χ2n) is 12.8. The molecule has 0 unspecified atom stereocenters. The summed E-state index contributed by atoms with van der Waals surface area (Å²) in [7, 11) is 0.928. The minimum atomic E-state index is -1.90. The molecular weight excluding hydrogens is 511 g/mol. The Kier molecular flexibility index (Phi) is 12.7. The fraction of sp³-hybridized carbons (Fsp3) is 0.733. The highest BCUT2D eigenvalue weighted by Crippen LogP contribution is 2.38. The Morgan fingerprint density at radius 2 is 1.49 bits per heavy atom. The normalized spacial score (nSPS) is 19.1. The molecule has 7 nitrogen and oxygen atoms in total. The van der Waals surface area contributed by atoms with E-state index in [1.807, 2.05) is 51.9 Å². The van der Waals surface area contributed by atoms with Crippen molar-refractivity contribution in [1.82, 2.24) is 0 Å². The van der Waals surface area contributed by atoms with Crippen LogP contribution in [-0.4, -0.2) is 66.0 Å². The van der Waals surface area contributed by atoms with Crippen LogP contribution >= 0.6 is 0 Å². The van der Waals surface area contributed by atoms with E-state index >= 15 is 0 Å². The summed E-state index contributed by atoms with van der Waals surface area (Å²) in [6.45, 7) is 20.6. The van der Waals surface area contributed by atoms with Crippen LogP contribution in [0.4, 0.5) is 0 Å². The van der Waals surface area contributed by atoms with Gasteiger partial charge in [-0.2, -0.15) is 0 Å². The third-order valence-corrected chi connectivity index (χ3v) is 12.9. The Morgan fingerprint density at radius 3 is 2.03 bits per heavy atom. The largest absolute Gasteiger partial charge is 0.496 e. The van der Waals surface area contributed by atoms with Gasteiger partial charge >= 0.3 is 7.12 Å². The van der Waals surface area contributed by atoms with Gasteiger partial charge < -0.3 is 32.7 Å². The van der Waals surface area contributed by atoms with E-state index < -0.39 is 26.6 Å². The highest BCUT2D eigenvalue weighted by atomic mass is 28.4. The lowest BCUT2D eigenvalue weighted by Gasteiger charge is -2.37. The molecule has 0 aromatic heterocycles. The Labute approximate surface area is 239 Å². The summed E-state index contributed by atoms with van der Waals surface area (Å²) in [5.74, 6) is 1.83. The fourth-order valence-corrected chi connectivity index (χ4v) is 5.01. The number of ether oxygens (including phenoxy) is 4. The Hall–Kier alpha value is -1.20.